The summed E-state index contributed by atoms with van der Waals surface area (Å²) in [6.45, 7) is 4.82. The van der Waals surface area contributed by atoms with Crippen molar-refractivity contribution in [2.45, 2.75) is 39.3 Å². The highest BCUT2D eigenvalue weighted by atomic mass is 127. The molecule has 0 N–H and O–H groups in total. The molecule has 1 aliphatic rings. The fourth-order valence-corrected chi connectivity index (χ4v) is 2.71. The molecule has 4 atom stereocenters. The number of ether oxygens (including phenoxy) is 4. The first-order valence-corrected chi connectivity index (χ1v) is 8.33. The van der Waals surface area contributed by atoms with Gasteiger partial charge in [-0.05, 0) is 46.9 Å². The number of esters is 2. The number of benzene rings is 1. The van der Waals surface area contributed by atoms with Crippen molar-refractivity contribution in [3.63, 3.8) is 0 Å². The molecule has 0 unspecified atom stereocenters. The van der Waals surface area contributed by atoms with E-state index in [-0.39, 0.29) is 5.92 Å². The third-order valence-electron chi connectivity index (χ3n) is 3.35. The van der Waals surface area contributed by atoms with E-state index in [1.807, 2.05) is 19.1 Å². The predicted octanol–water partition coefficient (Wildman–Crippen LogP) is 2.53. The lowest BCUT2D eigenvalue weighted by molar-refractivity contribution is -0.243. The lowest BCUT2D eigenvalue weighted by Gasteiger charge is -2.39. The SMILES string of the molecule is CC(=O)O[C@@H]1[C@@H](OC(C)=O)[C@@H](Oc2ccc(I)cc2)OC[C@H]1C. The van der Waals surface area contributed by atoms with Gasteiger partial charge in [0.1, 0.15) is 11.9 Å². The second kappa shape index (κ2) is 7.96. The van der Waals surface area contributed by atoms with Crippen molar-refractivity contribution in [1.82, 2.24) is 0 Å². The van der Waals surface area contributed by atoms with Gasteiger partial charge in [-0.3, -0.25) is 9.59 Å². The van der Waals surface area contributed by atoms with E-state index < -0.39 is 30.4 Å². The summed E-state index contributed by atoms with van der Waals surface area (Å²) in [7, 11) is 0. The minimum Gasteiger partial charge on any atom is -0.461 e. The zero-order chi connectivity index (χ0) is 17.0. The van der Waals surface area contributed by atoms with Gasteiger partial charge < -0.3 is 18.9 Å². The summed E-state index contributed by atoms with van der Waals surface area (Å²) in [5, 5.41) is 0. The molecule has 0 radical (unpaired) electrons. The fraction of sp³-hybridized carbons (Fsp3) is 0.500. The van der Waals surface area contributed by atoms with E-state index in [9.17, 15) is 9.59 Å². The van der Waals surface area contributed by atoms with Gasteiger partial charge in [-0.1, -0.05) is 6.92 Å². The summed E-state index contributed by atoms with van der Waals surface area (Å²) in [4.78, 5) is 22.8. The van der Waals surface area contributed by atoms with Crippen LogP contribution < -0.4 is 4.74 Å². The third kappa shape index (κ3) is 5.07. The Morgan fingerprint density at radius 1 is 1.09 bits per heavy atom. The molecular formula is C16H19IO6. The fourth-order valence-electron chi connectivity index (χ4n) is 2.35. The number of rotatable bonds is 4. The summed E-state index contributed by atoms with van der Waals surface area (Å²) in [5.74, 6) is -0.446. The number of hydrogen-bond donors (Lipinski definition) is 0. The van der Waals surface area contributed by atoms with E-state index >= 15 is 0 Å². The summed E-state index contributed by atoms with van der Waals surface area (Å²) in [6, 6.07) is 7.39. The van der Waals surface area contributed by atoms with E-state index in [4.69, 9.17) is 18.9 Å². The van der Waals surface area contributed by atoms with Crippen molar-refractivity contribution in [2.75, 3.05) is 6.61 Å². The second-order valence-corrected chi connectivity index (χ2v) is 6.64. The van der Waals surface area contributed by atoms with Crippen molar-refractivity contribution in [3.05, 3.63) is 27.8 Å². The largest absolute Gasteiger partial charge is 0.461 e. The van der Waals surface area contributed by atoms with Crippen LogP contribution in [0.4, 0.5) is 0 Å². The van der Waals surface area contributed by atoms with Crippen molar-refractivity contribution >= 4 is 34.5 Å². The molecule has 126 valence electrons. The molecule has 7 heteroatoms. The van der Waals surface area contributed by atoms with Gasteiger partial charge in [-0.2, -0.15) is 0 Å². The molecule has 1 aromatic rings. The van der Waals surface area contributed by atoms with Gasteiger partial charge >= 0.3 is 11.9 Å². The number of carbonyl (C=O) groups is 2. The quantitative estimate of drug-likeness (QED) is 0.536. The van der Waals surface area contributed by atoms with E-state index in [1.165, 1.54) is 13.8 Å². The minimum atomic E-state index is -0.834. The predicted molar refractivity (Wildman–Crippen MR) is 89.8 cm³/mol. The van der Waals surface area contributed by atoms with Gasteiger partial charge in [0.15, 0.2) is 0 Å². The maximum Gasteiger partial charge on any atom is 0.303 e. The van der Waals surface area contributed by atoms with Crippen LogP contribution in [0.5, 0.6) is 5.75 Å². The molecular weight excluding hydrogens is 415 g/mol. The first-order chi connectivity index (χ1) is 10.9. The highest BCUT2D eigenvalue weighted by Crippen LogP contribution is 2.28. The van der Waals surface area contributed by atoms with Gasteiger partial charge in [0, 0.05) is 23.3 Å². The van der Waals surface area contributed by atoms with Gasteiger partial charge in [0.2, 0.25) is 12.4 Å². The lowest BCUT2D eigenvalue weighted by Crippen LogP contribution is -2.55. The Morgan fingerprint density at radius 3 is 2.22 bits per heavy atom. The molecule has 2 rings (SSSR count). The van der Waals surface area contributed by atoms with Crippen LogP contribution in [0, 0.1) is 9.49 Å². The Hall–Kier alpha value is -1.35. The van der Waals surface area contributed by atoms with Gasteiger partial charge in [0.05, 0.1) is 6.61 Å². The first-order valence-electron chi connectivity index (χ1n) is 7.25. The molecule has 0 aliphatic carbocycles. The van der Waals surface area contributed by atoms with Crippen LogP contribution in [0.15, 0.2) is 24.3 Å². The van der Waals surface area contributed by atoms with Crippen molar-refractivity contribution < 1.29 is 28.5 Å². The van der Waals surface area contributed by atoms with Crippen LogP contribution in [0.3, 0.4) is 0 Å². The van der Waals surface area contributed by atoms with Crippen LogP contribution in [-0.2, 0) is 23.8 Å². The van der Waals surface area contributed by atoms with E-state index in [0.29, 0.717) is 12.4 Å². The standard InChI is InChI=1S/C16H19IO6/c1-9-8-20-16(23-13-6-4-12(17)5-7-13)15(22-11(3)19)14(9)21-10(2)18/h4-7,9,14-16H,8H2,1-3H3/t9-,14+,15-,16-/m1/s1. The first kappa shape index (κ1) is 18.0. The van der Waals surface area contributed by atoms with E-state index in [1.54, 1.807) is 12.1 Å². The highest BCUT2D eigenvalue weighted by molar-refractivity contribution is 14.1. The third-order valence-corrected chi connectivity index (χ3v) is 4.07. The Kier molecular flexibility index (Phi) is 6.23. The monoisotopic (exact) mass is 434 g/mol. The summed E-state index contributed by atoms with van der Waals surface area (Å²) < 4.78 is 23.2. The Morgan fingerprint density at radius 2 is 1.65 bits per heavy atom. The summed E-state index contributed by atoms with van der Waals surface area (Å²) in [5.41, 5.74) is 0. The maximum absolute atomic E-state index is 11.4. The van der Waals surface area contributed by atoms with Crippen LogP contribution >= 0.6 is 22.6 Å². The zero-order valence-electron chi connectivity index (χ0n) is 13.2. The van der Waals surface area contributed by atoms with Crippen molar-refractivity contribution in [2.24, 2.45) is 5.92 Å². The highest BCUT2D eigenvalue weighted by Gasteiger charge is 2.44. The van der Waals surface area contributed by atoms with Crippen molar-refractivity contribution in [1.29, 1.82) is 0 Å². The summed E-state index contributed by atoms with van der Waals surface area (Å²) >= 11 is 2.19. The van der Waals surface area contributed by atoms with Crippen LogP contribution in [0.2, 0.25) is 0 Å². The smallest absolute Gasteiger partial charge is 0.303 e. The average Bonchev–Trinajstić information content (AvgIpc) is 2.47. The van der Waals surface area contributed by atoms with Crippen LogP contribution in [0.1, 0.15) is 20.8 Å². The zero-order valence-corrected chi connectivity index (χ0v) is 15.3. The molecule has 0 aromatic heterocycles. The second-order valence-electron chi connectivity index (χ2n) is 5.40. The Balaban J connectivity index is 2.19. The molecule has 1 saturated heterocycles. The minimum absolute atomic E-state index is 0.111. The Bertz CT molecular complexity index is 558. The molecule has 6 nitrogen and oxygen atoms in total. The van der Waals surface area contributed by atoms with Gasteiger partial charge in [-0.25, -0.2) is 0 Å². The Labute approximate surface area is 148 Å². The average molecular weight is 434 g/mol. The van der Waals surface area contributed by atoms with E-state index in [2.05, 4.69) is 22.6 Å². The maximum atomic E-state index is 11.4. The molecule has 1 aliphatic heterocycles. The van der Waals surface area contributed by atoms with Crippen LogP contribution in [0.25, 0.3) is 0 Å². The molecule has 0 saturated carbocycles. The van der Waals surface area contributed by atoms with Gasteiger partial charge in [-0.15, -0.1) is 0 Å². The van der Waals surface area contributed by atoms with Crippen molar-refractivity contribution in [3.8, 4) is 5.75 Å². The number of hydrogen-bond acceptors (Lipinski definition) is 6. The molecule has 0 bridgehead atoms. The molecule has 1 heterocycles. The van der Waals surface area contributed by atoms with E-state index in [0.717, 1.165) is 3.57 Å². The molecule has 23 heavy (non-hydrogen) atoms. The number of halogens is 1. The molecule has 0 amide bonds. The summed E-state index contributed by atoms with van der Waals surface area (Å²) in [6.07, 6.45) is -2.27. The van der Waals surface area contributed by atoms with Gasteiger partial charge in [0.25, 0.3) is 0 Å². The topological polar surface area (TPSA) is 71.1 Å². The van der Waals surface area contributed by atoms with Crippen LogP contribution in [-0.4, -0.2) is 37.0 Å². The molecule has 0 spiro atoms. The molecule has 1 fully saturated rings. The number of carbonyl (C=O) groups excluding carboxylic acids is 2. The molecule has 1 aromatic carbocycles. The lowest BCUT2D eigenvalue weighted by atomic mass is 9.97. The normalized spacial score (nSPS) is 27.1.